The van der Waals surface area contributed by atoms with Gasteiger partial charge in [0.2, 0.25) is 5.43 Å². The first kappa shape index (κ1) is 17.2. The smallest absolute Gasteiger partial charge is 0.251 e. The average Bonchev–Trinajstić information content (AvgIpc) is 2.64. The fraction of sp³-hybridized carbons (Fsp3) is 0.368. The molecule has 0 saturated carbocycles. The molecule has 3 rings (SSSR count). The van der Waals surface area contributed by atoms with Gasteiger partial charge in [-0.3, -0.25) is 14.5 Å². The molecule has 2 aromatic rings. The number of nitrogens with zero attached hydrogens (tertiary/aromatic N) is 1. The van der Waals surface area contributed by atoms with Crippen molar-refractivity contribution in [3.63, 3.8) is 0 Å². The summed E-state index contributed by atoms with van der Waals surface area (Å²) in [6.45, 7) is 1.92. The van der Waals surface area contributed by atoms with Crippen molar-refractivity contribution in [2.45, 2.75) is 31.8 Å². The second-order valence-corrected chi connectivity index (χ2v) is 6.29. The third-order valence-electron chi connectivity index (χ3n) is 4.51. The lowest BCUT2D eigenvalue weighted by molar-refractivity contribution is 0.0898. The third kappa shape index (κ3) is 4.48. The Morgan fingerprint density at radius 1 is 1.28 bits per heavy atom. The molecule has 0 spiro atoms. The first-order valence-corrected chi connectivity index (χ1v) is 8.51. The van der Waals surface area contributed by atoms with Gasteiger partial charge in [-0.2, -0.15) is 0 Å². The number of carbonyl (C=O) groups is 1. The normalized spacial score (nSPS) is 18.0. The Kier molecular flexibility index (Phi) is 5.50. The largest absolute Gasteiger partial charge is 0.502 e. The van der Waals surface area contributed by atoms with Crippen molar-refractivity contribution in [3.05, 3.63) is 64.2 Å². The van der Waals surface area contributed by atoms with Crippen LogP contribution in [-0.4, -0.2) is 35.0 Å². The zero-order valence-corrected chi connectivity index (χ0v) is 14.0. The molecule has 1 aliphatic rings. The summed E-state index contributed by atoms with van der Waals surface area (Å²) >= 11 is 0. The molecule has 1 atom stereocenters. The number of amides is 1. The van der Waals surface area contributed by atoms with Gasteiger partial charge in [0, 0.05) is 24.2 Å². The number of hydrogen-bond donors (Lipinski definition) is 2. The molecule has 1 amide bonds. The van der Waals surface area contributed by atoms with Crippen LogP contribution in [0.2, 0.25) is 0 Å². The molecule has 1 fully saturated rings. The van der Waals surface area contributed by atoms with E-state index in [0.717, 1.165) is 32.1 Å². The Balaban J connectivity index is 1.61. The fourth-order valence-corrected chi connectivity index (χ4v) is 3.13. The van der Waals surface area contributed by atoms with Crippen LogP contribution in [-0.2, 0) is 6.54 Å². The van der Waals surface area contributed by atoms with Crippen LogP contribution in [0.1, 0.15) is 35.4 Å². The van der Waals surface area contributed by atoms with E-state index in [4.69, 9.17) is 4.42 Å². The third-order valence-corrected chi connectivity index (χ3v) is 4.51. The Hall–Kier alpha value is -2.60. The van der Waals surface area contributed by atoms with Gasteiger partial charge >= 0.3 is 0 Å². The van der Waals surface area contributed by atoms with Crippen LogP contribution < -0.4 is 10.7 Å². The molecule has 6 heteroatoms. The van der Waals surface area contributed by atoms with Crippen LogP contribution in [0.4, 0.5) is 0 Å². The molecule has 2 N–H and O–H groups in total. The minimum absolute atomic E-state index is 0.0812. The zero-order chi connectivity index (χ0) is 17.6. The maximum atomic E-state index is 12.2. The number of nitrogens with one attached hydrogen (secondary N) is 1. The number of likely N-dealkylation sites (tertiary alicyclic amines) is 1. The van der Waals surface area contributed by atoms with Crippen LogP contribution in [0.3, 0.4) is 0 Å². The van der Waals surface area contributed by atoms with Crippen molar-refractivity contribution in [1.82, 2.24) is 10.2 Å². The van der Waals surface area contributed by atoms with Crippen LogP contribution in [0.25, 0.3) is 0 Å². The van der Waals surface area contributed by atoms with E-state index in [-0.39, 0.29) is 17.7 Å². The lowest BCUT2D eigenvalue weighted by Gasteiger charge is -2.35. The maximum Gasteiger partial charge on any atom is 0.251 e. The van der Waals surface area contributed by atoms with Crippen LogP contribution in [0.15, 0.2) is 51.9 Å². The van der Waals surface area contributed by atoms with Crippen molar-refractivity contribution in [2.24, 2.45) is 0 Å². The molecule has 25 heavy (non-hydrogen) atoms. The van der Waals surface area contributed by atoms with E-state index >= 15 is 0 Å². The van der Waals surface area contributed by atoms with Gasteiger partial charge in [-0.05, 0) is 31.5 Å². The first-order chi connectivity index (χ1) is 12.1. The maximum absolute atomic E-state index is 12.2. The van der Waals surface area contributed by atoms with Crippen LogP contribution in [0, 0.1) is 0 Å². The van der Waals surface area contributed by atoms with Gasteiger partial charge in [-0.1, -0.05) is 24.6 Å². The Labute approximate surface area is 146 Å². The average molecular weight is 342 g/mol. The summed E-state index contributed by atoms with van der Waals surface area (Å²) in [6, 6.07) is 10.7. The molecule has 6 nitrogen and oxygen atoms in total. The number of carbonyl (C=O) groups excluding carboxylic acids is 1. The standard InChI is InChI=1S/C19H22N2O4/c22-17-10-16(25-13-18(17)23)12-21-9-5-4-8-15(21)11-20-19(24)14-6-2-1-3-7-14/h1-3,6-7,10,13,15,23H,4-5,8-9,11-12H2,(H,20,24). The van der Waals surface area contributed by atoms with Crippen LogP contribution >= 0.6 is 0 Å². The molecule has 2 heterocycles. The minimum atomic E-state index is -0.438. The Morgan fingerprint density at radius 2 is 2.08 bits per heavy atom. The molecule has 1 saturated heterocycles. The highest BCUT2D eigenvalue weighted by Crippen LogP contribution is 2.19. The Morgan fingerprint density at radius 3 is 2.84 bits per heavy atom. The van der Waals surface area contributed by atoms with Gasteiger partial charge in [0.25, 0.3) is 5.91 Å². The highest BCUT2D eigenvalue weighted by Gasteiger charge is 2.24. The first-order valence-electron chi connectivity index (χ1n) is 8.51. The van der Waals surface area contributed by atoms with Crippen molar-refractivity contribution < 1.29 is 14.3 Å². The van der Waals surface area contributed by atoms with E-state index in [1.165, 1.54) is 6.07 Å². The molecule has 1 aromatic carbocycles. The van der Waals surface area contributed by atoms with Crippen LogP contribution in [0.5, 0.6) is 5.75 Å². The van der Waals surface area contributed by atoms with Crippen molar-refractivity contribution in [1.29, 1.82) is 0 Å². The summed E-state index contributed by atoms with van der Waals surface area (Å²) < 4.78 is 5.31. The molecular formula is C19H22N2O4. The molecule has 132 valence electrons. The zero-order valence-electron chi connectivity index (χ0n) is 14.0. The molecule has 1 aromatic heterocycles. The van der Waals surface area contributed by atoms with Crippen molar-refractivity contribution >= 4 is 5.91 Å². The lowest BCUT2D eigenvalue weighted by Crippen LogP contribution is -2.46. The molecule has 1 aliphatic heterocycles. The SMILES string of the molecule is O=C(NCC1CCCCN1Cc1cc(=O)c(O)co1)c1ccccc1. The molecule has 1 unspecified atom stereocenters. The van der Waals surface area contributed by atoms with E-state index in [1.54, 1.807) is 12.1 Å². The summed E-state index contributed by atoms with van der Waals surface area (Å²) in [5.74, 6) is 0.0560. The van der Waals surface area contributed by atoms with Gasteiger partial charge in [0.05, 0.1) is 6.54 Å². The summed E-state index contributed by atoms with van der Waals surface area (Å²) in [4.78, 5) is 26.0. The monoisotopic (exact) mass is 342 g/mol. The molecule has 0 radical (unpaired) electrons. The number of hydrogen-bond acceptors (Lipinski definition) is 5. The van der Waals surface area contributed by atoms with Gasteiger partial charge in [0.1, 0.15) is 12.0 Å². The Bertz CT molecular complexity index is 772. The van der Waals surface area contributed by atoms with E-state index in [1.807, 2.05) is 18.2 Å². The van der Waals surface area contributed by atoms with E-state index in [9.17, 15) is 14.7 Å². The van der Waals surface area contributed by atoms with Crippen molar-refractivity contribution in [3.8, 4) is 5.75 Å². The fourth-order valence-electron chi connectivity index (χ4n) is 3.13. The van der Waals surface area contributed by atoms with E-state index < -0.39 is 5.43 Å². The van der Waals surface area contributed by atoms with Gasteiger partial charge in [-0.25, -0.2) is 0 Å². The topological polar surface area (TPSA) is 82.8 Å². The van der Waals surface area contributed by atoms with Gasteiger partial charge in [0.15, 0.2) is 5.75 Å². The van der Waals surface area contributed by atoms with Gasteiger partial charge < -0.3 is 14.8 Å². The summed E-state index contributed by atoms with van der Waals surface area (Å²) in [7, 11) is 0. The molecule has 0 aliphatic carbocycles. The summed E-state index contributed by atoms with van der Waals surface area (Å²) in [5, 5.41) is 12.3. The van der Waals surface area contributed by atoms with Crippen molar-refractivity contribution in [2.75, 3.05) is 13.1 Å². The highest BCUT2D eigenvalue weighted by molar-refractivity contribution is 5.94. The minimum Gasteiger partial charge on any atom is -0.502 e. The number of piperidine rings is 1. The number of rotatable bonds is 5. The van der Waals surface area contributed by atoms with Gasteiger partial charge in [-0.15, -0.1) is 0 Å². The summed E-state index contributed by atoms with van der Waals surface area (Å²) in [6.07, 6.45) is 4.25. The second-order valence-electron chi connectivity index (χ2n) is 6.29. The molecular weight excluding hydrogens is 320 g/mol. The highest BCUT2D eigenvalue weighted by atomic mass is 16.4. The predicted octanol–water partition coefficient (Wildman–Crippen LogP) is 2.13. The predicted molar refractivity (Wildman–Crippen MR) is 93.5 cm³/mol. The van der Waals surface area contributed by atoms with E-state index in [0.29, 0.717) is 24.4 Å². The molecule has 0 bridgehead atoms. The quantitative estimate of drug-likeness (QED) is 0.870. The second kappa shape index (κ2) is 7.98. The lowest BCUT2D eigenvalue weighted by atomic mass is 10.0. The number of aromatic hydroxyl groups is 1. The number of benzene rings is 1. The summed E-state index contributed by atoms with van der Waals surface area (Å²) in [5.41, 5.74) is 0.210. The van der Waals surface area contributed by atoms with E-state index in [2.05, 4.69) is 10.2 Å².